The van der Waals surface area contributed by atoms with E-state index in [1.54, 1.807) is 37.1 Å². The van der Waals surface area contributed by atoms with Crippen LogP contribution in [0, 0.1) is 12.7 Å². The number of anilines is 1. The maximum atomic E-state index is 15.0. The van der Waals surface area contributed by atoms with Crippen LogP contribution in [0.25, 0.3) is 27.7 Å². The molecule has 5 aromatic rings. The fourth-order valence-corrected chi connectivity index (χ4v) is 5.06. The van der Waals surface area contributed by atoms with Crippen molar-refractivity contribution in [2.45, 2.75) is 26.3 Å². The van der Waals surface area contributed by atoms with Gasteiger partial charge in [-0.3, -0.25) is 4.79 Å². The molecule has 5 heterocycles. The highest BCUT2D eigenvalue weighted by Crippen LogP contribution is 2.32. The van der Waals surface area contributed by atoms with Gasteiger partial charge in [0.05, 0.1) is 54.4 Å². The molecule has 1 fully saturated rings. The minimum Gasteiger partial charge on any atom is -0.378 e. The van der Waals surface area contributed by atoms with Crippen LogP contribution in [-0.2, 0) is 4.74 Å². The molecule has 12 heteroatoms. The van der Waals surface area contributed by atoms with Crippen molar-refractivity contribution in [3.8, 4) is 11.1 Å². The lowest BCUT2D eigenvalue weighted by atomic mass is 10.0. The Hall–Kier alpha value is -4.45. The second-order valence-corrected chi connectivity index (χ2v) is 9.63. The van der Waals surface area contributed by atoms with Gasteiger partial charge in [-0.2, -0.15) is 0 Å². The van der Waals surface area contributed by atoms with E-state index < -0.39 is 23.8 Å². The van der Waals surface area contributed by atoms with E-state index in [4.69, 9.17) is 4.74 Å². The van der Waals surface area contributed by atoms with Gasteiger partial charge in [0.2, 0.25) is 0 Å². The van der Waals surface area contributed by atoms with Gasteiger partial charge in [0.15, 0.2) is 0 Å². The van der Waals surface area contributed by atoms with Gasteiger partial charge in [-0.05, 0) is 26.0 Å². The summed E-state index contributed by atoms with van der Waals surface area (Å²) in [6, 6.07) is 6.86. The number of imidazole rings is 1. The van der Waals surface area contributed by atoms with Crippen molar-refractivity contribution in [2.24, 2.45) is 0 Å². The number of alkyl halides is 2. The molecule has 0 amide bonds. The molecule has 206 valence electrons. The lowest BCUT2D eigenvalue weighted by Gasteiger charge is -2.31. The van der Waals surface area contributed by atoms with Crippen LogP contribution in [0.2, 0.25) is 0 Å². The molecule has 1 aliphatic heterocycles. The van der Waals surface area contributed by atoms with Crippen molar-refractivity contribution in [2.75, 3.05) is 36.6 Å². The largest absolute Gasteiger partial charge is 0.378 e. The van der Waals surface area contributed by atoms with Crippen molar-refractivity contribution >= 4 is 22.4 Å². The average Bonchev–Trinajstić information content (AvgIpc) is 3.41. The predicted molar refractivity (Wildman–Crippen MR) is 145 cm³/mol. The number of pyridine rings is 2. The van der Waals surface area contributed by atoms with Crippen LogP contribution < -0.4 is 15.9 Å². The summed E-state index contributed by atoms with van der Waals surface area (Å²) in [5.41, 5.74) is 1.30. The van der Waals surface area contributed by atoms with Gasteiger partial charge in [0.25, 0.3) is 12.0 Å². The van der Waals surface area contributed by atoms with Gasteiger partial charge in [0, 0.05) is 35.9 Å². The summed E-state index contributed by atoms with van der Waals surface area (Å²) >= 11 is 0. The van der Waals surface area contributed by atoms with Gasteiger partial charge < -0.3 is 19.5 Å². The lowest BCUT2D eigenvalue weighted by Crippen LogP contribution is -2.49. The number of nitrogens with zero attached hydrogens (tertiary/aromatic N) is 6. The monoisotopic (exact) mass is 549 g/mol. The van der Waals surface area contributed by atoms with E-state index in [-0.39, 0.29) is 11.1 Å². The summed E-state index contributed by atoms with van der Waals surface area (Å²) in [7, 11) is 0. The standard InChI is InChI=1S/C28H26F3N7O2/c1-16(19-4-3-5-20(24(19)29)26(30)31)33-27-21-15-38(37-10-12-40-13-11-37)28(39)23(25(21)34-17(2)35-27)18-6-7-22-32-8-9-36(22)14-18/h3-9,14-16,26H,10-13H2,1-2H3,(H,33,34,35)/t16-/m1/s1. The van der Waals surface area contributed by atoms with Gasteiger partial charge in [0.1, 0.15) is 23.1 Å². The van der Waals surface area contributed by atoms with Crippen molar-refractivity contribution in [1.82, 2.24) is 24.0 Å². The van der Waals surface area contributed by atoms with Gasteiger partial charge in [-0.15, -0.1) is 0 Å². The maximum absolute atomic E-state index is 15.0. The second-order valence-electron chi connectivity index (χ2n) is 9.63. The summed E-state index contributed by atoms with van der Waals surface area (Å²) in [6.07, 6.45) is 4.02. The van der Waals surface area contributed by atoms with Crippen molar-refractivity contribution in [3.63, 3.8) is 0 Å². The Morgan fingerprint density at radius 1 is 1.05 bits per heavy atom. The zero-order valence-electron chi connectivity index (χ0n) is 21.8. The zero-order chi connectivity index (χ0) is 28.0. The zero-order valence-corrected chi connectivity index (χ0v) is 21.8. The highest BCUT2D eigenvalue weighted by Gasteiger charge is 2.24. The van der Waals surface area contributed by atoms with Crippen LogP contribution in [0.5, 0.6) is 0 Å². The second kappa shape index (κ2) is 10.3. The molecule has 40 heavy (non-hydrogen) atoms. The minimum atomic E-state index is -2.94. The van der Waals surface area contributed by atoms with Crippen LogP contribution in [0.1, 0.15) is 36.3 Å². The van der Waals surface area contributed by atoms with Crippen molar-refractivity contribution < 1.29 is 17.9 Å². The molecule has 0 unspecified atom stereocenters. The third-order valence-electron chi connectivity index (χ3n) is 7.05. The van der Waals surface area contributed by atoms with E-state index in [1.165, 1.54) is 12.1 Å². The number of hydrogen-bond acceptors (Lipinski definition) is 7. The molecule has 0 radical (unpaired) electrons. The molecule has 1 saturated heterocycles. The molecule has 0 bridgehead atoms. The highest BCUT2D eigenvalue weighted by atomic mass is 19.3. The molecule has 1 N–H and O–H groups in total. The Morgan fingerprint density at radius 3 is 2.60 bits per heavy atom. The summed E-state index contributed by atoms with van der Waals surface area (Å²) in [5, 5.41) is 5.61. The van der Waals surface area contributed by atoms with Crippen molar-refractivity contribution in [1.29, 1.82) is 0 Å². The summed E-state index contributed by atoms with van der Waals surface area (Å²) in [4.78, 5) is 27.5. The van der Waals surface area contributed by atoms with E-state index in [0.29, 0.717) is 60.0 Å². The molecular formula is C28H26F3N7O2. The van der Waals surface area contributed by atoms with Crippen molar-refractivity contribution in [3.05, 3.63) is 88.2 Å². The van der Waals surface area contributed by atoms with Crippen LogP contribution in [0.4, 0.5) is 19.0 Å². The first kappa shape index (κ1) is 25.8. The van der Waals surface area contributed by atoms with E-state index in [9.17, 15) is 18.0 Å². The topological polar surface area (TPSA) is 89.6 Å². The molecule has 1 atom stereocenters. The van der Waals surface area contributed by atoms with E-state index in [1.807, 2.05) is 27.7 Å². The molecule has 1 aromatic carbocycles. The van der Waals surface area contributed by atoms with Crippen LogP contribution >= 0.6 is 0 Å². The number of fused-ring (bicyclic) bond motifs is 2. The highest BCUT2D eigenvalue weighted by molar-refractivity contribution is 5.98. The smallest absolute Gasteiger partial charge is 0.279 e. The Bertz CT molecular complexity index is 1780. The molecular weight excluding hydrogens is 523 g/mol. The van der Waals surface area contributed by atoms with Gasteiger partial charge in [-0.25, -0.2) is 32.8 Å². The first-order valence-electron chi connectivity index (χ1n) is 12.8. The Kier molecular flexibility index (Phi) is 6.62. The number of morpholine rings is 1. The molecule has 6 rings (SSSR count). The fraction of sp³-hybridized carbons (Fsp3) is 0.286. The lowest BCUT2D eigenvalue weighted by molar-refractivity contribution is 0.111. The number of rotatable bonds is 6. The Morgan fingerprint density at radius 2 is 1.82 bits per heavy atom. The first-order valence-corrected chi connectivity index (χ1v) is 12.8. The molecule has 0 spiro atoms. The summed E-state index contributed by atoms with van der Waals surface area (Å²) in [6.45, 7) is 5.30. The fourth-order valence-electron chi connectivity index (χ4n) is 5.06. The number of ether oxygens (including phenoxy) is 1. The summed E-state index contributed by atoms with van der Waals surface area (Å²) in [5.74, 6) is -0.228. The number of benzene rings is 1. The quantitative estimate of drug-likeness (QED) is 0.330. The third-order valence-corrected chi connectivity index (χ3v) is 7.05. The summed E-state index contributed by atoms with van der Waals surface area (Å²) < 4.78 is 50.6. The van der Waals surface area contributed by atoms with Crippen LogP contribution in [-0.4, -0.2) is 50.3 Å². The van der Waals surface area contributed by atoms with E-state index in [2.05, 4.69) is 20.3 Å². The molecule has 1 aliphatic rings. The number of aryl methyl sites for hydroxylation is 1. The number of nitrogens with one attached hydrogen (secondary N) is 1. The molecule has 9 nitrogen and oxygen atoms in total. The number of aromatic nitrogens is 5. The normalized spacial score (nSPS) is 14.8. The van der Waals surface area contributed by atoms with Crippen LogP contribution in [0.3, 0.4) is 0 Å². The third kappa shape index (κ3) is 4.53. The molecule has 4 aromatic heterocycles. The predicted octanol–water partition coefficient (Wildman–Crippen LogP) is 4.63. The first-order chi connectivity index (χ1) is 19.3. The number of hydrogen-bond donors (Lipinski definition) is 1. The SMILES string of the molecule is Cc1nc(N[C@H](C)c2cccc(C(F)F)c2F)c2cn(N3CCOCC3)c(=O)c(-c3ccc4nccn4c3)c2n1. The van der Waals surface area contributed by atoms with Crippen LogP contribution in [0.15, 0.2) is 59.9 Å². The molecule has 0 saturated carbocycles. The maximum Gasteiger partial charge on any atom is 0.279 e. The van der Waals surface area contributed by atoms with Gasteiger partial charge >= 0.3 is 0 Å². The van der Waals surface area contributed by atoms with E-state index >= 15 is 0 Å². The molecule has 0 aliphatic carbocycles. The minimum absolute atomic E-state index is 0.0782. The Balaban J connectivity index is 1.55. The Labute approximate surface area is 226 Å². The van der Waals surface area contributed by atoms with E-state index in [0.717, 1.165) is 11.7 Å². The van der Waals surface area contributed by atoms with Gasteiger partial charge in [-0.1, -0.05) is 18.2 Å². The average molecular weight is 550 g/mol. The number of halogens is 3.